The molecule has 1 aromatic carbocycles. The van der Waals surface area contributed by atoms with Crippen LogP contribution in [0.25, 0.3) is 11.6 Å². The Balaban J connectivity index is 1.56. The SMILES string of the molecule is COc1c(Cl)ccc([C@H]2C[C@H]2c2cnc(-c3ncccn3)nc2)c1C. The summed E-state index contributed by atoms with van der Waals surface area (Å²) in [6.45, 7) is 2.06. The Morgan fingerprint density at radius 2 is 1.68 bits per heavy atom. The Bertz CT molecular complexity index is 899. The van der Waals surface area contributed by atoms with Gasteiger partial charge in [-0.1, -0.05) is 17.7 Å². The molecule has 126 valence electrons. The van der Waals surface area contributed by atoms with Crippen molar-refractivity contribution in [1.82, 2.24) is 19.9 Å². The third-order valence-electron chi connectivity index (χ3n) is 4.66. The van der Waals surface area contributed by atoms with Gasteiger partial charge in [-0.3, -0.25) is 0 Å². The first kappa shape index (κ1) is 16.0. The number of halogens is 1. The van der Waals surface area contributed by atoms with E-state index in [-0.39, 0.29) is 0 Å². The Morgan fingerprint density at radius 3 is 2.36 bits per heavy atom. The molecule has 1 fully saturated rings. The van der Waals surface area contributed by atoms with E-state index in [0.717, 1.165) is 23.3 Å². The average Bonchev–Trinajstić information content (AvgIpc) is 3.44. The molecule has 2 atom stereocenters. The molecular weight excluding hydrogens is 336 g/mol. The zero-order chi connectivity index (χ0) is 17.4. The van der Waals surface area contributed by atoms with E-state index < -0.39 is 0 Å². The second-order valence-electron chi connectivity index (χ2n) is 6.16. The van der Waals surface area contributed by atoms with Crippen LogP contribution in [0.2, 0.25) is 5.02 Å². The van der Waals surface area contributed by atoms with E-state index in [1.165, 1.54) is 5.56 Å². The molecule has 5 nitrogen and oxygen atoms in total. The minimum absolute atomic E-state index is 0.426. The predicted octanol–water partition coefficient (Wildman–Crippen LogP) is 4.18. The molecule has 1 saturated carbocycles. The fourth-order valence-corrected chi connectivity index (χ4v) is 3.57. The van der Waals surface area contributed by atoms with E-state index in [1.807, 2.05) is 18.5 Å². The van der Waals surface area contributed by atoms with E-state index in [4.69, 9.17) is 16.3 Å². The molecular formula is C19H17ClN4O. The second kappa shape index (κ2) is 6.41. The molecule has 0 unspecified atom stereocenters. The third kappa shape index (κ3) is 2.96. The van der Waals surface area contributed by atoms with E-state index in [0.29, 0.717) is 28.5 Å². The van der Waals surface area contributed by atoms with Crippen molar-refractivity contribution in [2.45, 2.75) is 25.2 Å². The fraction of sp³-hybridized carbons (Fsp3) is 0.263. The van der Waals surface area contributed by atoms with Gasteiger partial charge in [0.2, 0.25) is 0 Å². The monoisotopic (exact) mass is 352 g/mol. The van der Waals surface area contributed by atoms with Crippen molar-refractivity contribution in [3.63, 3.8) is 0 Å². The Hall–Kier alpha value is -2.53. The highest BCUT2D eigenvalue weighted by atomic mass is 35.5. The maximum atomic E-state index is 6.20. The predicted molar refractivity (Wildman–Crippen MR) is 95.9 cm³/mol. The van der Waals surface area contributed by atoms with Crippen LogP contribution in [-0.4, -0.2) is 27.0 Å². The van der Waals surface area contributed by atoms with E-state index >= 15 is 0 Å². The lowest BCUT2D eigenvalue weighted by Crippen LogP contribution is -1.97. The summed E-state index contributed by atoms with van der Waals surface area (Å²) in [5.41, 5.74) is 3.53. The van der Waals surface area contributed by atoms with Gasteiger partial charge in [0.05, 0.1) is 12.1 Å². The summed E-state index contributed by atoms with van der Waals surface area (Å²) in [5.74, 6) is 2.73. The van der Waals surface area contributed by atoms with Crippen molar-refractivity contribution in [2.24, 2.45) is 0 Å². The molecule has 0 bridgehead atoms. The number of benzene rings is 1. The maximum Gasteiger partial charge on any atom is 0.197 e. The first-order valence-corrected chi connectivity index (χ1v) is 8.49. The molecule has 0 N–H and O–H groups in total. The average molecular weight is 353 g/mol. The van der Waals surface area contributed by atoms with Crippen LogP contribution >= 0.6 is 11.6 Å². The van der Waals surface area contributed by atoms with Crippen molar-refractivity contribution >= 4 is 11.6 Å². The lowest BCUT2D eigenvalue weighted by atomic mass is 10.0. The number of aromatic nitrogens is 4. The van der Waals surface area contributed by atoms with Gasteiger partial charge in [-0.2, -0.15) is 0 Å². The van der Waals surface area contributed by atoms with Gasteiger partial charge in [-0.05, 0) is 54.0 Å². The van der Waals surface area contributed by atoms with Crippen LogP contribution in [0.5, 0.6) is 5.75 Å². The molecule has 4 rings (SSSR count). The van der Waals surface area contributed by atoms with Crippen LogP contribution in [0.15, 0.2) is 43.0 Å². The summed E-state index contributed by atoms with van der Waals surface area (Å²) in [4.78, 5) is 17.2. The van der Waals surface area contributed by atoms with Gasteiger partial charge in [-0.15, -0.1) is 0 Å². The third-order valence-corrected chi connectivity index (χ3v) is 4.96. The van der Waals surface area contributed by atoms with Crippen LogP contribution < -0.4 is 4.74 Å². The quantitative estimate of drug-likeness (QED) is 0.705. The van der Waals surface area contributed by atoms with E-state index in [1.54, 1.807) is 25.6 Å². The first-order chi connectivity index (χ1) is 12.2. The molecule has 3 aromatic rings. The molecule has 2 heterocycles. The highest BCUT2D eigenvalue weighted by Crippen LogP contribution is 2.56. The lowest BCUT2D eigenvalue weighted by molar-refractivity contribution is 0.411. The normalized spacial score (nSPS) is 18.8. The molecule has 0 spiro atoms. The number of rotatable bonds is 4. The fourth-order valence-electron chi connectivity index (χ4n) is 3.29. The summed E-state index contributed by atoms with van der Waals surface area (Å²) >= 11 is 6.20. The summed E-state index contributed by atoms with van der Waals surface area (Å²) in [7, 11) is 1.65. The minimum atomic E-state index is 0.426. The van der Waals surface area contributed by atoms with Gasteiger partial charge in [0.1, 0.15) is 5.75 Å². The van der Waals surface area contributed by atoms with Gasteiger partial charge in [-0.25, -0.2) is 19.9 Å². The second-order valence-corrected chi connectivity index (χ2v) is 6.56. The molecule has 1 aliphatic rings. The molecule has 0 radical (unpaired) electrons. The number of hydrogen-bond donors (Lipinski definition) is 0. The van der Waals surface area contributed by atoms with Crippen LogP contribution in [0.4, 0.5) is 0 Å². The van der Waals surface area contributed by atoms with Crippen molar-refractivity contribution < 1.29 is 4.74 Å². The van der Waals surface area contributed by atoms with Crippen molar-refractivity contribution in [3.8, 4) is 17.4 Å². The number of hydrogen-bond acceptors (Lipinski definition) is 5. The summed E-state index contributed by atoms with van der Waals surface area (Å²) in [6, 6.07) is 5.78. The lowest BCUT2D eigenvalue weighted by Gasteiger charge is -2.12. The van der Waals surface area contributed by atoms with Crippen molar-refractivity contribution in [3.05, 3.63) is 64.7 Å². The molecule has 0 saturated heterocycles. The maximum absolute atomic E-state index is 6.20. The molecule has 0 aliphatic heterocycles. The van der Waals surface area contributed by atoms with Gasteiger partial charge in [0, 0.05) is 24.8 Å². The smallest absolute Gasteiger partial charge is 0.197 e. The zero-order valence-electron chi connectivity index (χ0n) is 14.0. The van der Waals surface area contributed by atoms with Crippen LogP contribution in [0, 0.1) is 6.92 Å². The summed E-state index contributed by atoms with van der Waals surface area (Å²) < 4.78 is 5.43. The molecule has 6 heteroatoms. The van der Waals surface area contributed by atoms with Crippen molar-refractivity contribution in [2.75, 3.05) is 7.11 Å². The Morgan fingerprint density at radius 1 is 1.00 bits per heavy atom. The van der Waals surface area contributed by atoms with E-state index in [9.17, 15) is 0 Å². The van der Waals surface area contributed by atoms with Crippen LogP contribution in [0.3, 0.4) is 0 Å². The highest BCUT2D eigenvalue weighted by molar-refractivity contribution is 6.32. The molecule has 2 aromatic heterocycles. The first-order valence-electron chi connectivity index (χ1n) is 8.11. The molecule has 25 heavy (non-hydrogen) atoms. The van der Waals surface area contributed by atoms with Gasteiger partial charge >= 0.3 is 0 Å². The zero-order valence-corrected chi connectivity index (χ0v) is 14.7. The largest absolute Gasteiger partial charge is 0.495 e. The Kier molecular flexibility index (Phi) is 4.09. The standard InChI is InChI=1S/C19H17ClN4O/c1-11-13(4-5-16(20)17(11)25-2)15-8-14(15)12-9-23-19(24-10-12)18-21-6-3-7-22-18/h3-7,9-10,14-15H,8H2,1-2H3/t14-,15+/m0/s1. The molecule has 1 aliphatic carbocycles. The van der Waals surface area contributed by atoms with Crippen LogP contribution in [-0.2, 0) is 0 Å². The Labute approximate surface area is 151 Å². The number of ether oxygens (including phenoxy) is 1. The van der Waals surface area contributed by atoms with Crippen molar-refractivity contribution in [1.29, 1.82) is 0 Å². The summed E-state index contributed by atoms with van der Waals surface area (Å²) in [5, 5.41) is 0.650. The topological polar surface area (TPSA) is 60.8 Å². The van der Waals surface area contributed by atoms with Gasteiger partial charge in [0.25, 0.3) is 0 Å². The van der Waals surface area contributed by atoms with E-state index in [2.05, 4.69) is 32.9 Å². The molecule has 0 amide bonds. The summed E-state index contributed by atoms with van der Waals surface area (Å²) in [6.07, 6.45) is 8.22. The minimum Gasteiger partial charge on any atom is -0.495 e. The van der Waals surface area contributed by atoms with Gasteiger partial charge in [0.15, 0.2) is 11.6 Å². The van der Waals surface area contributed by atoms with Crippen LogP contribution in [0.1, 0.15) is 34.9 Å². The number of methoxy groups -OCH3 is 1. The highest BCUT2D eigenvalue weighted by Gasteiger charge is 2.41. The van der Waals surface area contributed by atoms with Gasteiger partial charge < -0.3 is 4.74 Å². The number of nitrogens with zero attached hydrogens (tertiary/aromatic N) is 4.